The average Bonchev–Trinajstić information content (AvgIpc) is 2.86. The van der Waals surface area contributed by atoms with E-state index in [9.17, 15) is 4.39 Å². The number of hydrogen-bond acceptors (Lipinski definition) is 3. The first-order chi connectivity index (χ1) is 9.22. The second kappa shape index (κ2) is 7.33. The van der Waals surface area contributed by atoms with Crippen LogP contribution in [0.4, 0.5) is 4.39 Å². The van der Waals surface area contributed by atoms with E-state index < -0.39 is 0 Å². The van der Waals surface area contributed by atoms with Gasteiger partial charge in [0.25, 0.3) is 0 Å². The van der Waals surface area contributed by atoms with Crippen molar-refractivity contribution in [3.05, 3.63) is 34.1 Å². The van der Waals surface area contributed by atoms with E-state index in [-0.39, 0.29) is 11.9 Å². The van der Waals surface area contributed by atoms with Gasteiger partial charge < -0.3 is 14.8 Å². The van der Waals surface area contributed by atoms with Gasteiger partial charge in [-0.25, -0.2) is 4.39 Å². The zero-order valence-corrected chi connectivity index (χ0v) is 12.6. The minimum Gasteiger partial charge on any atom is -0.383 e. The van der Waals surface area contributed by atoms with E-state index >= 15 is 0 Å². The van der Waals surface area contributed by atoms with E-state index in [1.54, 1.807) is 13.2 Å². The molecule has 1 aliphatic rings. The van der Waals surface area contributed by atoms with Gasteiger partial charge in [-0.3, -0.25) is 0 Å². The van der Waals surface area contributed by atoms with Gasteiger partial charge in [0.2, 0.25) is 0 Å². The van der Waals surface area contributed by atoms with Crippen molar-refractivity contribution < 1.29 is 13.9 Å². The molecule has 0 amide bonds. The molecular formula is C14H19BrFNO2. The van der Waals surface area contributed by atoms with Gasteiger partial charge in [0.1, 0.15) is 5.82 Å². The monoisotopic (exact) mass is 331 g/mol. The number of nitrogens with one attached hydrogen (secondary N) is 1. The standard InChI is InChI=1S/C14H19BrFNO2/c1-18-7-5-17-9-11-4-6-19-14(11)10-2-3-13(16)12(15)8-10/h2-3,8,11,14,17H,4-7,9H2,1H3. The highest BCUT2D eigenvalue weighted by molar-refractivity contribution is 9.10. The molecule has 3 nitrogen and oxygen atoms in total. The summed E-state index contributed by atoms with van der Waals surface area (Å²) in [6.07, 6.45) is 1.08. The molecule has 0 bridgehead atoms. The van der Waals surface area contributed by atoms with Crippen LogP contribution < -0.4 is 5.32 Å². The molecule has 1 N–H and O–H groups in total. The maximum absolute atomic E-state index is 13.3. The lowest BCUT2D eigenvalue weighted by Crippen LogP contribution is -2.27. The third kappa shape index (κ3) is 3.99. The van der Waals surface area contributed by atoms with Crippen molar-refractivity contribution in [3.8, 4) is 0 Å². The molecule has 0 aromatic heterocycles. The molecule has 2 unspecified atom stereocenters. The van der Waals surface area contributed by atoms with Crippen LogP contribution in [0.2, 0.25) is 0 Å². The normalized spacial score (nSPS) is 22.9. The Bertz CT molecular complexity index is 416. The molecule has 2 atom stereocenters. The first-order valence-electron chi connectivity index (χ1n) is 6.48. The Balaban J connectivity index is 1.95. The number of ether oxygens (including phenoxy) is 2. The number of methoxy groups -OCH3 is 1. The van der Waals surface area contributed by atoms with Crippen LogP contribution in [0.3, 0.4) is 0 Å². The van der Waals surface area contributed by atoms with Crippen molar-refractivity contribution in [3.63, 3.8) is 0 Å². The van der Waals surface area contributed by atoms with Gasteiger partial charge in [0, 0.05) is 32.7 Å². The Hall–Kier alpha value is -0.490. The van der Waals surface area contributed by atoms with Crippen molar-refractivity contribution in [2.45, 2.75) is 12.5 Å². The van der Waals surface area contributed by atoms with Crippen LogP contribution in [0.15, 0.2) is 22.7 Å². The molecule has 0 spiro atoms. The predicted octanol–water partition coefficient (Wildman–Crippen LogP) is 2.90. The van der Waals surface area contributed by atoms with Gasteiger partial charge in [-0.2, -0.15) is 0 Å². The minimum absolute atomic E-state index is 0.0481. The lowest BCUT2D eigenvalue weighted by atomic mass is 9.95. The molecule has 19 heavy (non-hydrogen) atoms. The van der Waals surface area contributed by atoms with E-state index in [1.807, 2.05) is 6.07 Å². The third-order valence-electron chi connectivity index (χ3n) is 3.38. The summed E-state index contributed by atoms with van der Waals surface area (Å²) in [6.45, 7) is 3.20. The van der Waals surface area contributed by atoms with Gasteiger partial charge in [0.15, 0.2) is 0 Å². The number of rotatable bonds is 6. The van der Waals surface area contributed by atoms with E-state index in [4.69, 9.17) is 9.47 Å². The largest absolute Gasteiger partial charge is 0.383 e. The summed E-state index contributed by atoms with van der Waals surface area (Å²) in [5.74, 6) is 0.186. The van der Waals surface area contributed by atoms with Crippen LogP contribution in [-0.4, -0.2) is 33.4 Å². The summed E-state index contributed by atoms with van der Waals surface area (Å²) in [5.41, 5.74) is 1.03. The number of halogens is 2. The zero-order valence-electron chi connectivity index (χ0n) is 11.0. The van der Waals surface area contributed by atoms with Crippen molar-refractivity contribution in [1.82, 2.24) is 5.32 Å². The molecule has 0 saturated carbocycles. The van der Waals surface area contributed by atoms with Crippen LogP contribution in [0, 0.1) is 11.7 Å². The zero-order chi connectivity index (χ0) is 13.7. The van der Waals surface area contributed by atoms with Crippen LogP contribution >= 0.6 is 15.9 Å². The summed E-state index contributed by atoms with van der Waals surface area (Å²) in [4.78, 5) is 0. The Labute approximate surface area is 121 Å². The van der Waals surface area contributed by atoms with Gasteiger partial charge in [-0.05, 0) is 40.0 Å². The summed E-state index contributed by atoms with van der Waals surface area (Å²) < 4.78 is 24.5. The lowest BCUT2D eigenvalue weighted by molar-refractivity contribution is 0.0897. The topological polar surface area (TPSA) is 30.5 Å². The minimum atomic E-state index is -0.239. The molecule has 2 rings (SSSR count). The van der Waals surface area contributed by atoms with Crippen LogP contribution in [0.25, 0.3) is 0 Å². The Morgan fingerprint density at radius 2 is 2.37 bits per heavy atom. The maximum atomic E-state index is 13.3. The third-order valence-corrected chi connectivity index (χ3v) is 3.98. The van der Waals surface area contributed by atoms with Gasteiger partial charge in [-0.1, -0.05) is 6.07 Å². The second-order valence-electron chi connectivity index (χ2n) is 4.71. The number of hydrogen-bond donors (Lipinski definition) is 1. The van der Waals surface area contributed by atoms with E-state index in [0.717, 1.165) is 31.7 Å². The highest BCUT2D eigenvalue weighted by Gasteiger charge is 2.29. The molecule has 1 aliphatic heterocycles. The summed E-state index contributed by atoms with van der Waals surface area (Å²) >= 11 is 3.22. The SMILES string of the molecule is COCCNCC1CCOC1c1ccc(F)c(Br)c1. The average molecular weight is 332 g/mol. The first-order valence-corrected chi connectivity index (χ1v) is 7.28. The molecule has 1 saturated heterocycles. The molecule has 5 heteroatoms. The fourth-order valence-electron chi connectivity index (χ4n) is 2.36. The molecule has 106 valence electrons. The molecule has 0 radical (unpaired) electrons. The Morgan fingerprint density at radius 1 is 1.53 bits per heavy atom. The fourth-order valence-corrected chi connectivity index (χ4v) is 2.76. The van der Waals surface area contributed by atoms with Gasteiger partial charge in [0.05, 0.1) is 17.2 Å². The number of benzene rings is 1. The maximum Gasteiger partial charge on any atom is 0.137 e. The molecule has 1 fully saturated rings. The Morgan fingerprint density at radius 3 is 3.11 bits per heavy atom. The molecule has 0 aliphatic carbocycles. The lowest BCUT2D eigenvalue weighted by Gasteiger charge is -2.19. The fraction of sp³-hybridized carbons (Fsp3) is 0.571. The summed E-state index contributed by atoms with van der Waals surface area (Å²) in [7, 11) is 1.69. The molecule has 1 heterocycles. The quantitative estimate of drug-likeness (QED) is 0.813. The van der Waals surface area contributed by atoms with Crippen LogP contribution in [-0.2, 0) is 9.47 Å². The summed E-state index contributed by atoms with van der Waals surface area (Å²) in [5, 5.41) is 3.36. The predicted molar refractivity (Wildman–Crippen MR) is 75.6 cm³/mol. The smallest absolute Gasteiger partial charge is 0.137 e. The van der Waals surface area contributed by atoms with Crippen LogP contribution in [0.5, 0.6) is 0 Å². The molecule has 1 aromatic rings. The van der Waals surface area contributed by atoms with Gasteiger partial charge >= 0.3 is 0 Å². The van der Waals surface area contributed by atoms with E-state index in [1.165, 1.54) is 6.07 Å². The van der Waals surface area contributed by atoms with Crippen molar-refractivity contribution in [2.24, 2.45) is 5.92 Å². The van der Waals surface area contributed by atoms with E-state index in [0.29, 0.717) is 17.0 Å². The Kier molecular flexibility index (Phi) is 5.76. The first kappa shape index (κ1) is 14.9. The van der Waals surface area contributed by atoms with Crippen molar-refractivity contribution >= 4 is 15.9 Å². The highest BCUT2D eigenvalue weighted by Crippen LogP contribution is 2.35. The highest BCUT2D eigenvalue weighted by atomic mass is 79.9. The molecular weight excluding hydrogens is 313 g/mol. The van der Waals surface area contributed by atoms with Crippen LogP contribution in [0.1, 0.15) is 18.1 Å². The molecule has 1 aromatic carbocycles. The van der Waals surface area contributed by atoms with Crippen molar-refractivity contribution in [1.29, 1.82) is 0 Å². The van der Waals surface area contributed by atoms with E-state index in [2.05, 4.69) is 21.2 Å². The summed E-state index contributed by atoms with van der Waals surface area (Å²) in [6, 6.07) is 5.10. The van der Waals surface area contributed by atoms with Crippen molar-refractivity contribution in [2.75, 3.05) is 33.4 Å². The second-order valence-corrected chi connectivity index (χ2v) is 5.56. The van der Waals surface area contributed by atoms with Gasteiger partial charge in [-0.15, -0.1) is 0 Å².